The Morgan fingerprint density at radius 1 is 1.30 bits per heavy atom. The summed E-state index contributed by atoms with van der Waals surface area (Å²) in [5.74, 6) is 1.20. The van der Waals surface area contributed by atoms with E-state index in [1.54, 1.807) is 6.08 Å². The minimum Gasteiger partial charge on any atom is -0.258 e. The molecule has 0 bridgehead atoms. The molecule has 0 aliphatic carbocycles. The molecule has 1 rings (SSSR count). The van der Waals surface area contributed by atoms with Crippen molar-refractivity contribution in [2.75, 3.05) is 11.5 Å². The summed E-state index contributed by atoms with van der Waals surface area (Å²) in [5.41, 5.74) is 0. The molecule has 1 saturated heterocycles. The molecule has 10 heavy (non-hydrogen) atoms. The first-order valence-electron chi connectivity index (χ1n) is 3.13. The first-order chi connectivity index (χ1) is 4.75. The van der Waals surface area contributed by atoms with Gasteiger partial charge in [0, 0.05) is 33.1 Å². The van der Waals surface area contributed by atoms with Crippen molar-refractivity contribution in [3.05, 3.63) is 12.2 Å². The molecule has 0 unspecified atom stereocenters. The van der Waals surface area contributed by atoms with E-state index in [9.17, 15) is 8.42 Å². The Morgan fingerprint density at radius 3 is 2.20 bits per heavy atom. The van der Waals surface area contributed by atoms with Crippen molar-refractivity contribution in [3.63, 3.8) is 0 Å². The number of allylic oxidation sites excluding steroid dienone is 1. The zero-order valence-corrected chi connectivity index (χ0v) is 7.41. The predicted molar refractivity (Wildman–Crippen MR) is 44.6 cm³/mol. The van der Waals surface area contributed by atoms with Crippen molar-refractivity contribution < 1.29 is 8.42 Å². The zero-order valence-electron chi connectivity index (χ0n) is 5.78. The van der Waals surface area contributed by atoms with Gasteiger partial charge in [-0.1, -0.05) is 12.2 Å². The van der Waals surface area contributed by atoms with Crippen LogP contribution in [0, 0.1) is 0 Å². The lowest BCUT2D eigenvalue weighted by atomic mass is 10.6. The van der Waals surface area contributed by atoms with E-state index < -0.39 is 21.6 Å². The molecule has 1 fully saturated rings. The molecule has 0 amide bonds. The van der Waals surface area contributed by atoms with E-state index in [-0.39, 0.29) is 4.58 Å². The normalized spacial score (nSPS) is 35.7. The van der Waals surface area contributed by atoms with Gasteiger partial charge in [0.25, 0.3) is 0 Å². The molecule has 1 aliphatic rings. The van der Waals surface area contributed by atoms with Gasteiger partial charge in [0.1, 0.15) is 4.58 Å². The second-order valence-electron chi connectivity index (χ2n) is 2.06. The monoisotopic (exact) mass is 178 g/mol. The van der Waals surface area contributed by atoms with Crippen LogP contribution in [0.15, 0.2) is 12.2 Å². The van der Waals surface area contributed by atoms with Crippen molar-refractivity contribution in [1.29, 1.82) is 0 Å². The van der Waals surface area contributed by atoms with Gasteiger partial charge in [-0.3, -0.25) is 8.42 Å². The first-order valence-corrected chi connectivity index (χ1v) is 5.89. The smallest absolute Gasteiger partial charge is 0.128 e. The molecule has 2 atom stereocenters. The predicted octanol–water partition coefficient (Wildman–Crippen LogP) is 0.400. The number of hydrogen-bond donors (Lipinski definition) is 0. The molecule has 58 valence electrons. The Kier molecular flexibility index (Phi) is 2.80. The summed E-state index contributed by atoms with van der Waals surface area (Å²) in [7, 11) is -1.76. The Bertz CT molecular complexity index is 182. The van der Waals surface area contributed by atoms with Gasteiger partial charge in [0.05, 0.1) is 0 Å². The van der Waals surface area contributed by atoms with Gasteiger partial charge in [-0.05, 0) is 6.92 Å². The van der Waals surface area contributed by atoms with E-state index in [1.165, 1.54) is 0 Å². The summed E-state index contributed by atoms with van der Waals surface area (Å²) in [4.78, 5) is 0. The Hall–Kier alpha value is 0.0400. The summed E-state index contributed by atoms with van der Waals surface area (Å²) in [5, 5.41) is 0. The fraction of sp³-hybridized carbons (Fsp3) is 0.667. The highest BCUT2D eigenvalue weighted by Gasteiger charge is 2.27. The van der Waals surface area contributed by atoms with Crippen molar-refractivity contribution in [2.24, 2.45) is 0 Å². The summed E-state index contributed by atoms with van der Waals surface area (Å²) < 4.78 is 21.9. The molecule has 0 radical (unpaired) electrons. The van der Waals surface area contributed by atoms with Gasteiger partial charge in [-0.25, -0.2) is 0 Å². The second kappa shape index (κ2) is 3.44. The molecule has 0 saturated carbocycles. The van der Waals surface area contributed by atoms with Gasteiger partial charge < -0.3 is 0 Å². The van der Waals surface area contributed by atoms with Crippen LogP contribution in [-0.4, -0.2) is 24.5 Å². The van der Waals surface area contributed by atoms with Crippen LogP contribution in [0.5, 0.6) is 0 Å². The zero-order chi connectivity index (χ0) is 7.56. The van der Waals surface area contributed by atoms with Gasteiger partial charge in [-0.15, -0.1) is 0 Å². The highest BCUT2D eigenvalue weighted by Crippen LogP contribution is 2.13. The maximum atomic E-state index is 11.0. The van der Waals surface area contributed by atoms with Gasteiger partial charge in [-0.2, -0.15) is 0 Å². The fourth-order valence-corrected chi connectivity index (χ4v) is 4.83. The molecule has 0 spiro atoms. The molecular formula is C6H10O2S2. The topological polar surface area (TPSA) is 34.1 Å². The van der Waals surface area contributed by atoms with Crippen molar-refractivity contribution in [1.82, 2.24) is 0 Å². The summed E-state index contributed by atoms with van der Waals surface area (Å²) in [6.45, 7) is 1.85. The summed E-state index contributed by atoms with van der Waals surface area (Å²) >= 11 is 0. The third kappa shape index (κ3) is 1.55. The maximum Gasteiger partial charge on any atom is 0.128 e. The van der Waals surface area contributed by atoms with Crippen LogP contribution in [0.1, 0.15) is 6.92 Å². The highest BCUT2D eigenvalue weighted by molar-refractivity contribution is 8.06. The molecule has 0 aromatic heterocycles. The summed E-state index contributed by atoms with van der Waals surface area (Å²) in [6, 6.07) is 0. The Labute approximate surface area is 65.6 Å². The van der Waals surface area contributed by atoms with Gasteiger partial charge >= 0.3 is 0 Å². The van der Waals surface area contributed by atoms with Crippen molar-refractivity contribution >= 4 is 21.6 Å². The van der Waals surface area contributed by atoms with E-state index in [0.717, 1.165) is 0 Å². The average molecular weight is 178 g/mol. The summed E-state index contributed by atoms with van der Waals surface area (Å²) in [6.07, 6.45) is 3.59. The van der Waals surface area contributed by atoms with Gasteiger partial charge in [0.2, 0.25) is 0 Å². The molecule has 0 aromatic rings. The lowest BCUT2D eigenvalue weighted by Gasteiger charge is -1.97. The first kappa shape index (κ1) is 8.14. The third-order valence-electron chi connectivity index (χ3n) is 1.35. The Morgan fingerprint density at radius 2 is 1.80 bits per heavy atom. The Balaban J connectivity index is 2.72. The van der Waals surface area contributed by atoms with E-state index >= 15 is 0 Å². The lowest BCUT2D eigenvalue weighted by Crippen LogP contribution is -2.09. The van der Waals surface area contributed by atoms with Crippen molar-refractivity contribution in [3.8, 4) is 0 Å². The van der Waals surface area contributed by atoms with Crippen LogP contribution in [-0.2, 0) is 21.6 Å². The largest absolute Gasteiger partial charge is 0.258 e. The van der Waals surface area contributed by atoms with Crippen molar-refractivity contribution in [2.45, 2.75) is 11.5 Å². The lowest BCUT2D eigenvalue weighted by molar-refractivity contribution is 0.682. The van der Waals surface area contributed by atoms with E-state index in [1.807, 2.05) is 13.0 Å². The minimum atomic E-state index is -0.878. The quantitative estimate of drug-likeness (QED) is 0.545. The van der Waals surface area contributed by atoms with E-state index in [2.05, 4.69) is 0 Å². The molecule has 0 aromatic carbocycles. The fourth-order valence-electron chi connectivity index (χ4n) is 0.849. The molecule has 0 N–H and O–H groups in total. The van der Waals surface area contributed by atoms with Gasteiger partial charge in [0.15, 0.2) is 0 Å². The molecule has 1 aliphatic heterocycles. The van der Waals surface area contributed by atoms with Crippen LogP contribution in [0.4, 0.5) is 0 Å². The van der Waals surface area contributed by atoms with Crippen LogP contribution >= 0.6 is 0 Å². The molecule has 4 heteroatoms. The SMILES string of the molecule is C/C=C/C1[S@@](=O)CC[S@@]1=O. The maximum absolute atomic E-state index is 11.0. The standard InChI is InChI=1S/C6H10O2S2/c1-2-3-6-9(7)4-5-10(6)8/h2-3,6H,4-5H2,1H3/b3-2+/t9-,10-/m0/s1. The molecular weight excluding hydrogens is 168 g/mol. The number of rotatable bonds is 1. The van der Waals surface area contributed by atoms with E-state index in [4.69, 9.17) is 0 Å². The second-order valence-corrected chi connectivity index (χ2v) is 5.72. The van der Waals surface area contributed by atoms with Crippen LogP contribution < -0.4 is 0 Å². The third-order valence-corrected chi connectivity index (χ3v) is 5.46. The number of hydrogen-bond acceptors (Lipinski definition) is 2. The van der Waals surface area contributed by atoms with E-state index in [0.29, 0.717) is 11.5 Å². The molecule has 2 nitrogen and oxygen atoms in total. The minimum absolute atomic E-state index is 0.190. The average Bonchev–Trinajstić information content (AvgIpc) is 2.20. The van der Waals surface area contributed by atoms with Crippen LogP contribution in [0.3, 0.4) is 0 Å². The highest BCUT2D eigenvalue weighted by atomic mass is 32.3. The van der Waals surface area contributed by atoms with Crippen LogP contribution in [0.25, 0.3) is 0 Å². The molecule has 1 heterocycles. The van der Waals surface area contributed by atoms with Crippen LogP contribution in [0.2, 0.25) is 0 Å².